The van der Waals surface area contributed by atoms with E-state index in [0.29, 0.717) is 5.82 Å². The molecular weight excluding hydrogens is 142 g/mol. The highest BCUT2D eigenvalue weighted by molar-refractivity contribution is 5.86. The number of nitrogens with two attached hydrogens (primary N) is 1. The number of urea groups is 1. The Kier molecular flexibility index (Phi) is 2.06. The highest BCUT2D eigenvalue weighted by Gasteiger charge is 1.94. The summed E-state index contributed by atoms with van der Waals surface area (Å²) in [5.74, 6) is 0.475. The van der Waals surface area contributed by atoms with E-state index >= 15 is 0 Å². The highest BCUT2D eigenvalue weighted by Crippen LogP contribution is 2.02. The van der Waals surface area contributed by atoms with Gasteiger partial charge in [-0.15, -0.1) is 0 Å². The number of nitrogens with one attached hydrogen (secondary N) is 1. The highest BCUT2D eigenvalue weighted by atomic mass is 16.2. The van der Waals surface area contributed by atoms with Gasteiger partial charge in [0.05, 0.1) is 0 Å². The van der Waals surface area contributed by atoms with E-state index in [9.17, 15) is 4.79 Å². The largest absolute Gasteiger partial charge is 0.351 e. The molecule has 0 atom stereocenters. The van der Waals surface area contributed by atoms with Crippen molar-refractivity contribution in [1.29, 1.82) is 0 Å². The fourth-order valence-electron chi connectivity index (χ4n) is 0.668. The first-order chi connectivity index (χ1) is 5.18. The lowest BCUT2D eigenvalue weighted by atomic mass is 10.3. The van der Waals surface area contributed by atoms with Gasteiger partial charge in [-0.2, -0.15) is 0 Å². The molecule has 2 amide bonds. The topological polar surface area (TPSA) is 68.0 Å². The Morgan fingerprint density at radius 3 is 2.82 bits per heavy atom. The SMILES string of the molecule is Cc1ccc(NC(N)=O)nc1. The molecule has 1 aromatic rings. The van der Waals surface area contributed by atoms with Crippen LogP contribution in [0.2, 0.25) is 0 Å². The van der Waals surface area contributed by atoms with E-state index in [4.69, 9.17) is 5.73 Å². The van der Waals surface area contributed by atoms with E-state index in [1.165, 1.54) is 0 Å². The summed E-state index contributed by atoms with van der Waals surface area (Å²) >= 11 is 0. The van der Waals surface area contributed by atoms with Gasteiger partial charge in [-0.3, -0.25) is 5.32 Å². The van der Waals surface area contributed by atoms with E-state index < -0.39 is 6.03 Å². The third kappa shape index (κ3) is 2.25. The number of amides is 2. The second-order valence-corrected chi connectivity index (χ2v) is 2.21. The van der Waals surface area contributed by atoms with E-state index in [0.717, 1.165) is 5.56 Å². The number of hydrogen-bond donors (Lipinski definition) is 2. The average Bonchev–Trinajstić information content (AvgIpc) is 1.93. The summed E-state index contributed by atoms with van der Waals surface area (Å²) in [5.41, 5.74) is 5.91. The summed E-state index contributed by atoms with van der Waals surface area (Å²) < 4.78 is 0. The Morgan fingerprint density at radius 1 is 1.64 bits per heavy atom. The molecule has 11 heavy (non-hydrogen) atoms. The first-order valence-corrected chi connectivity index (χ1v) is 3.17. The molecule has 0 aliphatic carbocycles. The molecule has 0 bridgehead atoms. The van der Waals surface area contributed by atoms with E-state index in [2.05, 4.69) is 10.3 Å². The molecule has 4 nitrogen and oxygen atoms in total. The molecule has 0 aromatic carbocycles. The molecule has 1 heterocycles. The number of nitrogens with zero attached hydrogens (tertiary/aromatic N) is 1. The molecule has 0 radical (unpaired) electrons. The van der Waals surface area contributed by atoms with Gasteiger partial charge in [-0.25, -0.2) is 9.78 Å². The van der Waals surface area contributed by atoms with Crippen LogP contribution < -0.4 is 11.1 Å². The number of primary amides is 1. The number of carbonyl (C=O) groups is 1. The zero-order valence-electron chi connectivity index (χ0n) is 6.16. The van der Waals surface area contributed by atoms with E-state index in [1.807, 2.05) is 13.0 Å². The van der Waals surface area contributed by atoms with Crippen molar-refractivity contribution in [2.45, 2.75) is 6.92 Å². The Balaban J connectivity index is 2.74. The summed E-state index contributed by atoms with van der Waals surface area (Å²) in [6.07, 6.45) is 1.66. The van der Waals surface area contributed by atoms with Crippen molar-refractivity contribution < 1.29 is 4.79 Å². The summed E-state index contributed by atoms with van der Waals surface area (Å²) in [6.45, 7) is 1.92. The normalized spacial score (nSPS) is 9.18. The van der Waals surface area contributed by atoms with E-state index in [-0.39, 0.29) is 0 Å². The lowest BCUT2D eigenvalue weighted by molar-refractivity contribution is 0.259. The Labute approximate surface area is 64.4 Å². The van der Waals surface area contributed by atoms with Gasteiger partial charge in [0.15, 0.2) is 0 Å². The minimum absolute atomic E-state index is 0.475. The van der Waals surface area contributed by atoms with Crippen LogP contribution in [0, 0.1) is 6.92 Å². The van der Waals surface area contributed by atoms with Gasteiger partial charge in [-0.05, 0) is 18.6 Å². The predicted octanol–water partition coefficient (Wildman–Crippen LogP) is 0.881. The van der Waals surface area contributed by atoms with Gasteiger partial charge < -0.3 is 5.73 Å². The molecule has 0 aliphatic rings. The van der Waals surface area contributed by atoms with Crippen LogP contribution in [0.4, 0.5) is 10.6 Å². The Morgan fingerprint density at radius 2 is 2.36 bits per heavy atom. The van der Waals surface area contributed by atoms with Crippen LogP contribution in [0.3, 0.4) is 0 Å². The van der Waals surface area contributed by atoms with E-state index in [1.54, 1.807) is 12.3 Å². The van der Waals surface area contributed by atoms with Gasteiger partial charge >= 0.3 is 6.03 Å². The van der Waals surface area contributed by atoms with Gasteiger partial charge in [-0.1, -0.05) is 6.07 Å². The summed E-state index contributed by atoms with van der Waals surface area (Å²) in [7, 11) is 0. The van der Waals surface area contributed by atoms with Crippen LogP contribution >= 0.6 is 0 Å². The van der Waals surface area contributed by atoms with Crippen LogP contribution in [0.1, 0.15) is 5.56 Å². The van der Waals surface area contributed by atoms with Crippen LogP contribution in [-0.2, 0) is 0 Å². The van der Waals surface area contributed by atoms with Gasteiger partial charge in [0, 0.05) is 6.20 Å². The first-order valence-electron chi connectivity index (χ1n) is 3.17. The molecule has 0 saturated heterocycles. The van der Waals surface area contributed by atoms with Crippen molar-refractivity contribution in [2.24, 2.45) is 5.73 Å². The number of pyridine rings is 1. The monoisotopic (exact) mass is 151 g/mol. The smallest absolute Gasteiger partial charge is 0.317 e. The molecule has 1 aromatic heterocycles. The molecule has 0 saturated carbocycles. The number of rotatable bonds is 1. The summed E-state index contributed by atoms with van der Waals surface area (Å²) in [4.78, 5) is 14.2. The van der Waals surface area contributed by atoms with Crippen molar-refractivity contribution in [3.05, 3.63) is 23.9 Å². The van der Waals surface area contributed by atoms with Crippen molar-refractivity contribution in [3.63, 3.8) is 0 Å². The van der Waals surface area contributed by atoms with Crippen LogP contribution in [0.15, 0.2) is 18.3 Å². The maximum absolute atomic E-state index is 10.3. The lowest BCUT2D eigenvalue weighted by Crippen LogP contribution is -2.19. The zero-order chi connectivity index (χ0) is 8.27. The molecule has 4 heteroatoms. The quantitative estimate of drug-likeness (QED) is 0.625. The fourth-order valence-corrected chi connectivity index (χ4v) is 0.668. The molecule has 3 N–H and O–H groups in total. The number of carbonyl (C=O) groups excluding carboxylic acids is 1. The Hall–Kier alpha value is -1.58. The van der Waals surface area contributed by atoms with Crippen molar-refractivity contribution in [2.75, 3.05) is 5.32 Å². The first kappa shape index (κ1) is 7.53. The van der Waals surface area contributed by atoms with Crippen LogP contribution in [-0.4, -0.2) is 11.0 Å². The third-order valence-electron chi connectivity index (χ3n) is 1.16. The van der Waals surface area contributed by atoms with Crippen LogP contribution in [0.5, 0.6) is 0 Å². The zero-order valence-corrected chi connectivity index (χ0v) is 6.16. The molecule has 0 unspecified atom stereocenters. The molecule has 1 rings (SSSR count). The molecular formula is C7H9N3O. The number of aryl methyl sites for hydroxylation is 1. The summed E-state index contributed by atoms with van der Waals surface area (Å²) in [5, 5.41) is 2.36. The summed E-state index contributed by atoms with van der Waals surface area (Å²) in [6, 6.07) is 2.94. The van der Waals surface area contributed by atoms with Crippen LogP contribution in [0.25, 0.3) is 0 Å². The third-order valence-corrected chi connectivity index (χ3v) is 1.16. The standard InChI is InChI=1S/C7H9N3O/c1-5-2-3-6(9-4-5)10-7(8)11/h2-4H,1H3,(H3,8,9,10,11). The van der Waals surface area contributed by atoms with Gasteiger partial charge in [0.1, 0.15) is 5.82 Å². The number of aromatic nitrogens is 1. The predicted molar refractivity (Wildman–Crippen MR) is 42.2 cm³/mol. The van der Waals surface area contributed by atoms with Crippen molar-refractivity contribution >= 4 is 11.8 Å². The van der Waals surface area contributed by atoms with Gasteiger partial charge in [0.2, 0.25) is 0 Å². The molecule has 0 fully saturated rings. The maximum Gasteiger partial charge on any atom is 0.317 e. The molecule has 0 spiro atoms. The number of hydrogen-bond acceptors (Lipinski definition) is 2. The average molecular weight is 151 g/mol. The van der Waals surface area contributed by atoms with Crippen molar-refractivity contribution in [3.8, 4) is 0 Å². The molecule has 58 valence electrons. The van der Waals surface area contributed by atoms with Gasteiger partial charge in [0.25, 0.3) is 0 Å². The Bertz CT molecular complexity index is 255. The maximum atomic E-state index is 10.3. The fraction of sp³-hybridized carbons (Fsp3) is 0.143. The number of anilines is 1. The second-order valence-electron chi connectivity index (χ2n) is 2.21. The second kappa shape index (κ2) is 3.01. The molecule has 0 aliphatic heterocycles. The lowest BCUT2D eigenvalue weighted by Gasteiger charge is -1.98. The minimum Gasteiger partial charge on any atom is -0.351 e. The van der Waals surface area contributed by atoms with Crippen molar-refractivity contribution in [1.82, 2.24) is 4.98 Å². The minimum atomic E-state index is -0.596.